The summed E-state index contributed by atoms with van der Waals surface area (Å²) in [5.74, 6) is -0.719. The zero-order chi connectivity index (χ0) is 12.5. The Kier molecular flexibility index (Phi) is 3.41. The van der Waals surface area contributed by atoms with Crippen molar-refractivity contribution >= 4 is 28.5 Å². The smallest absolute Gasteiger partial charge is 0.131 e. The first-order valence-corrected chi connectivity index (χ1v) is 8.36. The van der Waals surface area contributed by atoms with E-state index in [0.29, 0.717) is 10.6 Å². The van der Waals surface area contributed by atoms with E-state index < -0.39 is 6.04 Å². The minimum absolute atomic E-state index is 0.360. The summed E-state index contributed by atoms with van der Waals surface area (Å²) >= 11 is 5.48. The van der Waals surface area contributed by atoms with Crippen LogP contribution in [0.3, 0.4) is 0 Å². The largest absolute Gasteiger partial charge is 0.206 e. The normalized spacial score (nSPS) is 11.5. The Labute approximate surface area is 104 Å². The molecule has 0 aromatic heterocycles. The quantitative estimate of drug-likeness (QED) is 0.754. The maximum atomic E-state index is 13.7. The van der Waals surface area contributed by atoms with Crippen molar-refractivity contribution in [1.29, 1.82) is 0 Å². The minimum Gasteiger partial charge on any atom is -0.206 e. The van der Waals surface area contributed by atoms with Gasteiger partial charge in [-0.3, -0.25) is 0 Å². The van der Waals surface area contributed by atoms with Crippen molar-refractivity contribution in [2.75, 3.05) is 6.66 Å². The summed E-state index contributed by atoms with van der Waals surface area (Å²) in [5.41, 5.74) is 0. The van der Waals surface area contributed by atoms with E-state index >= 15 is 0 Å². The van der Waals surface area contributed by atoms with Crippen molar-refractivity contribution in [3.63, 3.8) is 0 Å². The lowest BCUT2D eigenvalue weighted by atomic mass is 10.3. The Morgan fingerprint density at radius 3 is 1.53 bits per heavy atom. The molecule has 0 heterocycles. The molecule has 0 amide bonds. The van der Waals surface area contributed by atoms with Crippen molar-refractivity contribution in [2.24, 2.45) is 0 Å². The van der Waals surface area contributed by atoms with Gasteiger partial charge in [-0.2, -0.15) is 0 Å². The zero-order valence-electron chi connectivity index (χ0n) is 9.23. The highest BCUT2D eigenvalue weighted by Gasteiger charge is 2.22. The van der Waals surface area contributed by atoms with Crippen LogP contribution in [0.2, 0.25) is 0 Å². The van der Waals surface area contributed by atoms with E-state index in [1.807, 2.05) is 0 Å². The van der Waals surface area contributed by atoms with Gasteiger partial charge in [0.05, 0.1) is 0 Å². The van der Waals surface area contributed by atoms with Crippen LogP contribution < -0.4 is 10.6 Å². The highest BCUT2D eigenvalue weighted by Crippen LogP contribution is 2.40. The van der Waals surface area contributed by atoms with Gasteiger partial charge >= 0.3 is 0 Å². The average Bonchev–Trinajstić information content (AvgIpc) is 2.29. The summed E-state index contributed by atoms with van der Waals surface area (Å²) in [7, 11) is 0. The first-order valence-electron chi connectivity index (χ1n) is 5.11. The monoisotopic (exact) mass is 268 g/mol. The molecule has 4 heteroatoms. The molecule has 2 aromatic rings. The molecule has 0 saturated heterocycles. The van der Waals surface area contributed by atoms with Crippen LogP contribution in [0.1, 0.15) is 0 Å². The van der Waals surface area contributed by atoms with Gasteiger partial charge in [0.1, 0.15) is 11.6 Å². The molecule has 0 radical (unpaired) electrons. The number of rotatable bonds is 2. The second-order valence-corrected chi connectivity index (χ2v) is 8.83. The molecule has 0 nitrogen and oxygen atoms in total. The molecule has 0 saturated carbocycles. The Balaban J connectivity index is 2.63. The Morgan fingerprint density at radius 2 is 1.18 bits per heavy atom. The predicted octanol–water partition coefficient (Wildman–Crippen LogP) is 3.02. The highest BCUT2D eigenvalue weighted by molar-refractivity contribution is 8.21. The molecule has 0 aliphatic heterocycles. The maximum absolute atomic E-state index is 13.7. The van der Waals surface area contributed by atoms with Crippen molar-refractivity contribution in [3.8, 4) is 0 Å². The summed E-state index contributed by atoms with van der Waals surface area (Å²) < 4.78 is 27.5. The molecular formula is C13H11F2PS. The van der Waals surface area contributed by atoms with E-state index in [4.69, 9.17) is 11.8 Å². The molecule has 0 aliphatic carbocycles. The molecule has 0 aliphatic rings. The molecule has 2 aromatic carbocycles. The van der Waals surface area contributed by atoms with Crippen LogP contribution in [0.25, 0.3) is 0 Å². The fourth-order valence-electron chi connectivity index (χ4n) is 1.73. The lowest BCUT2D eigenvalue weighted by molar-refractivity contribution is 0.634. The van der Waals surface area contributed by atoms with Crippen LogP contribution in [0.15, 0.2) is 48.5 Å². The predicted molar refractivity (Wildman–Crippen MR) is 72.3 cm³/mol. The number of hydrogen-bond acceptors (Lipinski definition) is 1. The van der Waals surface area contributed by atoms with E-state index in [1.165, 1.54) is 12.1 Å². The summed E-state index contributed by atoms with van der Waals surface area (Å²) in [5, 5.41) is 0.861. The van der Waals surface area contributed by atoms with Crippen LogP contribution in [0, 0.1) is 11.6 Å². The molecule has 0 fully saturated rings. The van der Waals surface area contributed by atoms with Crippen LogP contribution in [-0.4, -0.2) is 6.66 Å². The van der Waals surface area contributed by atoms with E-state index in [9.17, 15) is 8.78 Å². The first kappa shape index (κ1) is 12.4. The third-order valence-electron chi connectivity index (χ3n) is 2.62. The van der Waals surface area contributed by atoms with Gasteiger partial charge in [0.15, 0.2) is 0 Å². The van der Waals surface area contributed by atoms with Crippen LogP contribution in [-0.2, 0) is 11.8 Å². The molecule has 0 bridgehead atoms. The van der Waals surface area contributed by atoms with Gasteiger partial charge in [-0.25, -0.2) is 8.78 Å². The molecule has 0 N–H and O–H groups in total. The summed E-state index contributed by atoms with van der Waals surface area (Å²) in [6.45, 7) is 1.75. The highest BCUT2D eigenvalue weighted by atomic mass is 32.4. The van der Waals surface area contributed by atoms with Crippen LogP contribution in [0.5, 0.6) is 0 Å². The second-order valence-electron chi connectivity index (χ2n) is 3.83. The number of halogens is 2. The van der Waals surface area contributed by atoms with E-state index in [0.717, 1.165) is 0 Å². The summed E-state index contributed by atoms with van der Waals surface area (Å²) in [4.78, 5) is 0. The van der Waals surface area contributed by atoms with Gasteiger partial charge < -0.3 is 0 Å². The average molecular weight is 268 g/mol. The standard InChI is InChI=1S/C13H11F2PS/c1-16(17,12-8-4-2-6-10(12)14)13-9-5-3-7-11(13)15/h2-9H,1H3. The maximum Gasteiger partial charge on any atom is 0.131 e. The molecule has 0 atom stereocenters. The first-order chi connectivity index (χ1) is 8.03. The Bertz CT molecular complexity index is 546. The van der Waals surface area contributed by atoms with Gasteiger partial charge in [0.25, 0.3) is 0 Å². The molecule has 2 rings (SSSR count). The SMILES string of the molecule is CP(=S)(c1ccccc1F)c1ccccc1F. The summed E-state index contributed by atoms with van der Waals surface area (Å²) in [6, 6.07) is 10.3. The van der Waals surface area contributed by atoms with E-state index in [1.54, 1.807) is 43.1 Å². The van der Waals surface area contributed by atoms with Crippen LogP contribution >= 0.6 is 6.04 Å². The lowest BCUT2D eigenvalue weighted by Crippen LogP contribution is -2.20. The van der Waals surface area contributed by atoms with Gasteiger partial charge in [-0.05, 0) is 18.8 Å². The topological polar surface area (TPSA) is 0 Å². The second kappa shape index (κ2) is 4.67. The fourth-order valence-corrected chi connectivity index (χ4v) is 4.58. The van der Waals surface area contributed by atoms with Gasteiger partial charge in [0.2, 0.25) is 0 Å². The van der Waals surface area contributed by atoms with Gasteiger partial charge in [-0.1, -0.05) is 48.2 Å². The number of benzene rings is 2. The van der Waals surface area contributed by atoms with E-state index in [-0.39, 0.29) is 11.6 Å². The third kappa shape index (κ3) is 2.31. The Morgan fingerprint density at radius 1 is 0.824 bits per heavy atom. The third-order valence-corrected chi connectivity index (χ3v) is 6.37. The number of hydrogen-bond donors (Lipinski definition) is 0. The molecule has 0 unspecified atom stereocenters. The van der Waals surface area contributed by atoms with Crippen molar-refractivity contribution in [2.45, 2.75) is 0 Å². The molecule has 0 spiro atoms. The minimum atomic E-state index is -2.39. The fraction of sp³-hybridized carbons (Fsp3) is 0.0769. The van der Waals surface area contributed by atoms with Crippen LogP contribution in [0.4, 0.5) is 8.78 Å². The molecule has 88 valence electrons. The lowest BCUT2D eigenvalue weighted by Gasteiger charge is -2.18. The summed E-state index contributed by atoms with van der Waals surface area (Å²) in [6.07, 6.45) is 0. The van der Waals surface area contributed by atoms with Gasteiger partial charge in [-0.15, -0.1) is 0 Å². The van der Waals surface area contributed by atoms with E-state index in [2.05, 4.69) is 0 Å². The van der Waals surface area contributed by atoms with Crippen molar-refractivity contribution in [3.05, 3.63) is 60.2 Å². The zero-order valence-corrected chi connectivity index (χ0v) is 10.9. The molecular weight excluding hydrogens is 257 g/mol. The van der Waals surface area contributed by atoms with Crippen molar-refractivity contribution < 1.29 is 8.78 Å². The molecule has 17 heavy (non-hydrogen) atoms. The van der Waals surface area contributed by atoms with Crippen molar-refractivity contribution in [1.82, 2.24) is 0 Å². The Hall–Kier alpha value is -1.05. The van der Waals surface area contributed by atoms with Gasteiger partial charge in [0, 0.05) is 16.6 Å².